The van der Waals surface area contributed by atoms with Crippen LogP contribution in [0.1, 0.15) is 25.3 Å². The predicted octanol–water partition coefficient (Wildman–Crippen LogP) is 2.93. The van der Waals surface area contributed by atoms with Crippen LogP contribution in [-0.4, -0.2) is 25.2 Å². The summed E-state index contributed by atoms with van der Waals surface area (Å²) >= 11 is 1.75. The van der Waals surface area contributed by atoms with Crippen LogP contribution in [-0.2, 0) is 0 Å². The lowest BCUT2D eigenvalue weighted by atomic mass is 10.1. The van der Waals surface area contributed by atoms with Gasteiger partial charge in [0.1, 0.15) is 5.84 Å². The molecule has 0 unspecified atom stereocenters. The molecule has 1 aliphatic carbocycles. The van der Waals surface area contributed by atoms with Crippen molar-refractivity contribution in [2.75, 3.05) is 24.2 Å². The fourth-order valence-corrected chi connectivity index (χ4v) is 3.01. The molecule has 0 spiro atoms. The van der Waals surface area contributed by atoms with Gasteiger partial charge in [-0.1, -0.05) is 13.0 Å². The number of anilines is 1. The molecule has 0 saturated heterocycles. The molecule has 0 radical (unpaired) electrons. The minimum Gasteiger partial charge on any atom is -0.384 e. The second-order valence-corrected chi connectivity index (χ2v) is 6.13. The van der Waals surface area contributed by atoms with Gasteiger partial charge >= 0.3 is 0 Å². The van der Waals surface area contributed by atoms with Gasteiger partial charge in [0, 0.05) is 24.2 Å². The van der Waals surface area contributed by atoms with E-state index in [9.17, 15) is 0 Å². The largest absolute Gasteiger partial charge is 0.384 e. The van der Waals surface area contributed by atoms with Crippen molar-refractivity contribution < 1.29 is 0 Å². The van der Waals surface area contributed by atoms with E-state index in [1.165, 1.54) is 12.8 Å². The topological polar surface area (TPSA) is 53.1 Å². The molecule has 0 aromatic heterocycles. The van der Waals surface area contributed by atoms with E-state index >= 15 is 0 Å². The van der Waals surface area contributed by atoms with Crippen LogP contribution in [0.25, 0.3) is 0 Å². The molecule has 0 bridgehead atoms. The Morgan fingerprint density at radius 3 is 2.78 bits per heavy atom. The molecule has 0 atom stereocenters. The standard InChI is InChI=1S/C14H21N3S/c1-3-18-12-6-4-5-11(13(12)14(15)16)17(2)9-10-7-8-10/h4-6,10H,3,7-9H2,1-2H3,(H3,15,16). The summed E-state index contributed by atoms with van der Waals surface area (Å²) in [6.07, 6.45) is 2.67. The maximum Gasteiger partial charge on any atom is 0.126 e. The molecular formula is C14H21N3S. The molecule has 18 heavy (non-hydrogen) atoms. The molecule has 1 aromatic carbocycles. The van der Waals surface area contributed by atoms with E-state index in [1.807, 2.05) is 0 Å². The van der Waals surface area contributed by atoms with E-state index in [-0.39, 0.29) is 5.84 Å². The van der Waals surface area contributed by atoms with Gasteiger partial charge in [-0.05, 0) is 36.6 Å². The normalized spacial score (nSPS) is 14.6. The molecule has 1 aliphatic rings. The van der Waals surface area contributed by atoms with E-state index in [1.54, 1.807) is 11.8 Å². The van der Waals surface area contributed by atoms with E-state index in [0.29, 0.717) is 0 Å². The molecule has 4 heteroatoms. The quantitative estimate of drug-likeness (QED) is 0.471. The highest BCUT2D eigenvalue weighted by atomic mass is 32.2. The molecule has 98 valence electrons. The Kier molecular flexibility index (Phi) is 4.17. The monoisotopic (exact) mass is 263 g/mol. The smallest absolute Gasteiger partial charge is 0.126 e. The molecule has 0 heterocycles. The van der Waals surface area contributed by atoms with Gasteiger partial charge in [0.25, 0.3) is 0 Å². The van der Waals surface area contributed by atoms with Crippen molar-refractivity contribution in [3.05, 3.63) is 23.8 Å². The lowest BCUT2D eigenvalue weighted by molar-refractivity contribution is 0.786. The number of hydrogen-bond donors (Lipinski definition) is 2. The maximum atomic E-state index is 7.82. The Morgan fingerprint density at radius 1 is 1.50 bits per heavy atom. The van der Waals surface area contributed by atoms with Gasteiger partial charge in [-0.3, -0.25) is 5.41 Å². The molecule has 1 saturated carbocycles. The Bertz CT molecular complexity index is 441. The number of hydrogen-bond acceptors (Lipinski definition) is 3. The van der Waals surface area contributed by atoms with Crippen LogP contribution >= 0.6 is 11.8 Å². The van der Waals surface area contributed by atoms with Gasteiger partial charge in [-0.25, -0.2) is 0 Å². The first kappa shape index (κ1) is 13.3. The van der Waals surface area contributed by atoms with Crippen molar-refractivity contribution in [2.45, 2.75) is 24.7 Å². The van der Waals surface area contributed by atoms with Crippen LogP contribution in [0.3, 0.4) is 0 Å². The molecule has 0 amide bonds. The number of nitrogens with zero attached hydrogens (tertiary/aromatic N) is 1. The number of nitrogens with two attached hydrogens (primary N) is 1. The van der Waals surface area contributed by atoms with Crippen molar-refractivity contribution in [3.8, 4) is 0 Å². The predicted molar refractivity (Wildman–Crippen MR) is 79.9 cm³/mol. The summed E-state index contributed by atoms with van der Waals surface area (Å²) < 4.78 is 0. The third kappa shape index (κ3) is 2.99. The third-order valence-corrected chi connectivity index (χ3v) is 4.15. The summed E-state index contributed by atoms with van der Waals surface area (Å²) in [5.41, 5.74) is 7.76. The van der Waals surface area contributed by atoms with Crippen LogP contribution in [0, 0.1) is 11.3 Å². The lowest BCUT2D eigenvalue weighted by Crippen LogP contribution is -2.24. The summed E-state index contributed by atoms with van der Waals surface area (Å²) in [7, 11) is 2.10. The number of nitrogens with one attached hydrogen (secondary N) is 1. The van der Waals surface area contributed by atoms with E-state index in [4.69, 9.17) is 11.1 Å². The second-order valence-electron chi connectivity index (χ2n) is 4.82. The minimum absolute atomic E-state index is 0.171. The van der Waals surface area contributed by atoms with E-state index in [2.05, 4.69) is 37.1 Å². The molecule has 2 rings (SSSR count). The summed E-state index contributed by atoms with van der Waals surface area (Å²) in [5.74, 6) is 2.00. The fourth-order valence-electron chi connectivity index (χ4n) is 2.17. The van der Waals surface area contributed by atoms with Gasteiger partial charge < -0.3 is 10.6 Å². The number of nitrogen functional groups attached to an aromatic ring is 1. The molecular weight excluding hydrogens is 242 g/mol. The first-order chi connectivity index (χ1) is 8.63. The summed E-state index contributed by atoms with van der Waals surface area (Å²) in [4.78, 5) is 3.36. The van der Waals surface area contributed by atoms with Crippen LogP contribution < -0.4 is 10.6 Å². The second kappa shape index (κ2) is 5.65. The van der Waals surface area contributed by atoms with Gasteiger partial charge in [0.2, 0.25) is 0 Å². The Balaban J connectivity index is 2.31. The SMILES string of the molecule is CCSc1cccc(N(C)CC2CC2)c1C(=N)N. The van der Waals surface area contributed by atoms with Gasteiger partial charge in [-0.2, -0.15) is 0 Å². The highest BCUT2D eigenvalue weighted by molar-refractivity contribution is 7.99. The highest BCUT2D eigenvalue weighted by Crippen LogP contribution is 2.34. The molecule has 3 N–H and O–H groups in total. The number of rotatable bonds is 6. The van der Waals surface area contributed by atoms with Crippen LogP contribution in [0.5, 0.6) is 0 Å². The Hall–Kier alpha value is -1.16. The Labute approximate surface area is 113 Å². The summed E-state index contributed by atoms with van der Waals surface area (Å²) in [6.45, 7) is 3.19. The first-order valence-electron chi connectivity index (χ1n) is 6.44. The lowest BCUT2D eigenvalue weighted by Gasteiger charge is -2.23. The van der Waals surface area contributed by atoms with Crippen LogP contribution in [0.2, 0.25) is 0 Å². The van der Waals surface area contributed by atoms with Gasteiger partial charge in [-0.15, -0.1) is 11.8 Å². The summed E-state index contributed by atoms with van der Waals surface area (Å²) in [6, 6.07) is 6.18. The zero-order chi connectivity index (χ0) is 13.1. The average molecular weight is 263 g/mol. The van der Waals surface area contributed by atoms with Gasteiger partial charge in [0.15, 0.2) is 0 Å². The first-order valence-corrected chi connectivity index (χ1v) is 7.43. The molecule has 0 aliphatic heterocycles. The third-order valence-electron chi connectivity index (χ3n) is 3.21. The average Bonchev–Trinajstić information content (AvgIpc) is 3.12. The molecule has 1 fully saturated rings. The maximum absolute atomic E-state index is 7.82. The summed E-state index contributed by atoms with van der Waals surface area (Å²) in [5, 5.41) is 7.82. The fraction of sp³-hybridized carbons (Fsp3) is 0.500. The highest BCUT2D eigenvalue weighted by Gasteiger charge is 2.24. The zero-order valence-corrected chi connectivity index (χ0v) is 11.9. The number of benzene rings is 1. The Morgan fingerprint density at radius 2 is 2.22 bits per heavy atom. The number of thioether (sulfide) groups is 1. The molecule has 1 aromatic rings. The van der Waals surface area contributed by atoms with Crippen LogP contribution in [0.4, 0.5) is 5.69 Å². The van der Waals surface area contributed by atoms with Crippen molar-refractivity contribution in [1.82, 2.24) is 0 Å². The van der Waals surface area contributed by atoms with Crippen molar-refractivity contribution in [2.24, 2.45) is 11.7 Å². The van der Waals surface area contributed by atoms with Crippen LogP contribution in [0.15, 0.2) is 23.1 Å². The van der Waals surface area contributed by atoms with E-state index in [0.717, 1.165) is 34.4 Å². The van der Waals surface area contributed by atoms with E-state index < -0.39 is 0 Å². The van der Waals surface area contributed by atoms with Crippen molar-refractivity contribution in [3.63, 3.8) is 0 Å². The van der Waals surface area contributed by atoms with Gasteiger partial charge in [0.05, 0.1) is 5.56 Å². The zero-order valence-electron chi connectivity index (χ0n) is 11.1. The minimum atomic E-state index is 0.171. The van der Waals surface area contributed by atoms with Crippen molar-refractivity contribution >= 4 is 23.3 Å². The van der Waals surface area contributed by atoms with Crippen molar-refractivity contribution in [1.29, 1.82) is 5.41 Å². The number of amidine groups is 1. The molecule has 3 nitrogen and oxygen atoms in total.